The topological polar surface area (TPSA) is 163 Å². The van der Waals surface area contributed by atoms with E-state index in [1.165, 1.54) is 7.11 Å². The highest BCUT2D eigenvalue weighted by Gasteiger charge is 2.51. The Hall–Kier alpha value is -0.970. The van der Waals surface area contributed by atoms with E-state index in [1.54, 1.807) is 34.6 Å². The highest BCUT2D eigenvalue weighted by molar-refractivity contribution is 5.79. The number of likely N-dealkylation sites (N-methyl/N-ethyl adjacent to an activating group) is 2. The molecule has 0 saturated carbocycles. The molecule has 15 atom stereocenters. The molecule has 0 spiro atoms. The van der Waals surface area contributed by atoms with Crippen molar-refractivity contribution in [1.29, 1.82) is 0 Å². The molecule has 13 heteroatoms. The van der Waals surface area contributed by atoms with Crippen LogP contribution >= 0.6 is 0 Å². The summed E-state index contributed by atoms with van der Waals surface area (Å²) in [6.45, 7) is 14.6. The maximum Gasteiger partial charge on any atom is 0.225 e. The number of carbonyl (C=O) groups is 1. The molecular formula is C33H63N3O10. The number of rotatable bonds is 6. The van der Waals surface area contributed by atoms with Gasteiger partial charge < -0.3 is 59.2 Å². The predicted octanol–water partition coefficient (Wildman–Crippen LogP) is 0.698. The largest absolute Gasteiger partial charge is 0.387 e. The summed E-state index contributed by atoms with van der Waals surface area (Å²) in [7, 11) is 7.18. The van der Waals surface area contributed by atoms with Crippen LogP contribution in [0.4, 0.5) is 0 Å². The number of carbonyl (C=O) groups excluding carboxylic acids is 1. The molecule has 0 aromatic rings. The highest BCUT2D eigenvalue weighted by atomic mass is 16.7. The van der Waals surface area contributed by atoms with Crippen molar-refractivity contribution in [1.82, 2.24) is 15.1 Å². The van der Waals surface area contributed by atoms with Gasteiger partial charge in [0.2, 0.25) is 5.91 Å². The second-order valence-electron chi connectivity index (χ2n) is 15.4. The summed E-state index contributed by atoms with van der Waals surface area (Å²) >= 11 is 0. The van der Waals surface area contributed by atoms with Crippen LogP contribution in [-0.2, 0) is 28.5 Å². The van der Waals surface area contributed by atoms with Crippen molar-refractivity contribution >= 4 is 5.91 Å². The summed E-state index contributed by atoms with van der Waals surface area (Å²) in [4.78, 5) is 17.6. The van der Waals surface area contributed by atoms with Gasteiger partial charge in [0.25, 0.3) is 0 Å². The number of hydrogen-bond donors (Lipinski definition) is 5. The van der Waals surface area contributed by atoms with Gasteiger partial charge >= 0.3 is 0 Å². The number of ether oxygens (including phenoxy) is 5. The lowest BCUT2D eigenvalue weighted by Gasteiger charge is -2.49. The monoisotopic (exact) mass is 661 g/mol. The first-order valence-electron chi connectivity index (χ1n) is 16.7. The average molecular weight is 662 g/mol. The number of β-amino-alcohol motifs (C(OH)–C–C–N with tert-alkyl or cyclic N) is 1. The van der Waals surface area contributed by atoms with Crippen LogP contribution in [-0.4, -0.2) is 156 Å². The fraction of sp³-hybridized carbons (Fsp3) is 0.970. The number of aliphatic hydroxyl groups is 4. The molecule has 3 saturated heterocycles. The summed E-state index contributed by atoms with van der Waals surface area (Å²) < 4.78 is 31.2. The number of hydrogen-bond acceptors (Lipinski definition) is 12. The molecule has 0 aliphatic carbocycles. The van der Waals surface area contributed by atoms with Crippen molar-refractivity contribution in [3.05, 3.63) is 0 Å². The lowest BCUT2D eigenvalue weighted by Crippen LogP contribution is -2.61. The minimum Gasteiger partial charge on any atom is -0.387 e. The van der Waals surface area contributed by atoms with Crippen molar-refractivity contribution in [2.45, 2.75) is 153 Å². The molecule has 46 heavy (non-hydrogen) atoms. The maximum absolute atomic E-state index is 13.7. The van der Waals surface area contributed by atoms with Crippen LogP contribution in [0.1, 0.15) is 74.7 Å². The minimum atomic E-state index is -1.50. The van der Waals surface area contributed by atoms with E-state index in [4.69, 9.17) is 23.7 Å². The van der Waals surface area contributed by atoms with Crippen LogP contribution in [0.5, 0.6) is 0 Å². The molecule has 3 fully saturated rings. The quantitative estimate of drug-likeness (QED) is 0.271. The van der Waals surface area contributed by atoms with E-state index in [1.807, 2.05) is 51.7 Å². The predicted molar refractivity (Wildman–Crippen MR) is 172 cm³/mol. The second kappa shape index (κ2) is 15.3. The average Bonchev–Trinajstić information content (AvgIpc) is 2.95. The highest BCUT2D eigenvalue weighted by Crippen LogP contribution is 2.39. The van der Waals surface area contributed by atoms with Crippen molar-refractivity contribution in [2.75, 3.05) is 41.3 Å². The summed E-state index contributed by atoms with van der Waals surface area (Å²) in [5, 5.41) is 48.6. The molecule has 3 aliphatic rings. The van der Waals surface area contributed by atoms with Crippen molar-refractivity contribution < 1.29 is 48.9 Å². The molecule has 13 nitrogen and oxygen atoms in total. The van der Waals surface area contributed by atoms with Crippen molar-refractivity contribution in [3.63, 3.8) is 0 Å². The van der Waals surface area contributed by atoms with Crippen molar-refractivity contribution in [2.24, 2.45) is 11.8 Å². The Morgan fingerprint density at radius 1 is 1.00 bits per heavy atom. The third-order valence-electron chi connectivity index (χ3n) is 10.6. The second-order valence-corrected chi connectivity index (χ2v) is 15.4. The maximum atomic E-state index is 13.7. The van der Waals surface area contributed by atoms with Crippen LogP contribution in [0.15, 0.2) is 0 Å². The first kappa shape index (κ1) is 39.5. The summed E-state index contributed by atoms with van der Waals surface area (Å²) in [5.74, 6) is -1.77. The Labute approximate surface area is 275 Å². The van der Waals surface area contributed by atoms with Gasteiger partial charge in [-0.2, -0.15) is 0 Å². The van der Waals surface area contributed by atoms with Gasteiger partial charge in [-0.05, 0) is 75.5 Å². The van der Waals surface area contributed by atoms with Gasteiger partial charge in [-0.1, -0.05) is 13.8 Å². The van der Waals surface area contributed by atoms with Gasteiger partial charge in [-0.15, -0.1) is 0 Å². The van der Waals surface area contributed by atoms with E-state index in [-0.39, 0.29) is 50.0 Å². The molecular weight excluding hydrogens is 598 g/mol. The lowest BCUT2D eigenvalue weighted by molar-refractivity contribution is -0.317. The Balaban J connectivity index is 2.08. The van der Waals surface area contributed by atoms with Crippen LogP contribution < -0.4 is 5.32 Å². The third-order valence-corrected chi connectivity index (χ3v) is 10.6. The van der Waals surface area contributed by atoms with E-state index < -0.39 is 71.7 Å². The zero-order valence-electron chi connectivity index (χ0n) is 30.1. The number of nitrogens with zero attached hydrogens (tertiary/aromatic N) is 2. The van der Waals surface area contributed by atoms with E-state index in [9.17, 15) is 25.2 Å². The lowest BCUT2D eigenvalue weighted by atomic mass is 9.78. The van der Waals surface area contributed by atoms with Gasteiger partial charge in [0.15, 0.2) is 12.6 Å². The van der Waals surface area contributed by atoms with Crippen molar-refractivity contribution in [3.8, 4) is 0 Å². The van der Waals surface area contributed by atoms with Gasteiger partial charge in [0.1, 0.15) is 12.2 Å². The molecule has 1 unspecified atom stereocenters. The molecule has 0 aromatic carbocycles. The molecule has 270 valence electrons. The molecule has 1 amide bonds. The van der Waals surface area contributed by atoms with Gasteiger partial charge in [-0.25, -0.2) is 0 Å². The Bertz CT molecular complexity index is 1000. The van der Waals surface area contributed by atoms with Crippen LogP contribution in [0.2, 0.25) is 0 Å². The number of amides is 1. The normalized spacial score (nSPS) is 49.1. The van der Waals surface area contributed by atoms with E-state index in [2.05, 4.69) is 5.32 Å². The van der Waals surface area contributed by atoms with Crippen LogP contribution in [0.25, 0.3) is 0 Å². The van der Waals surface area contributed by atoms with Gasteiger partial charge in [-0.3, -0.25) is 4.79 Å². The summed E-state index contributed by atoms with van der Waals surface area (Å²) in [6, 6.07) is -0.437. The van der Waals surface area contributed by atoms with Gasteiger partial charge in [0.05, 0.1) is 47.1 Å². The molecule has 3 rings (SSSR count). The zero-order valence-corrected chi connectivity index (χ0v) is 30.1. The zero-order chi connectivity index (χ0) is 34.9. The number of aliphatic hydroxyl groups excluding tert-OH is 2. The molecule has 0 aromatic heterocycles. The first-order valence-corrected chi connectivity index (χ1v) is 16.7. The molecule has 3 aliphatic heterocycles. The van der Waals surface area contributed by atoms with E-state index >= 15 is 0 Å². The molecule has 5 N–H and O–H groups in total. The van der Waals surface area contributed by atoms with Gasteiger partial charge in [0, 0.05) is 44.6 Å². The Morgan fingerprint density at radius 3 is 2.22 bits per heavy atom. The molecule has 3 heterocycles. The Morgan fingerprint density at radius 2 is 1.63 bits per heavy atom. The summed E-state index contributed by atoms with van der Waals surface area (Å²) in [5.41, 5.74) is -3.70. The summed E-state index contributed by atoms with van der Waals surface area (Å²) in [6.07, 6.45) is -5.43. The Kier molecular flexibility index (Phi) is 13.1. The van der Waals surface area contributed by atoms with E-state index in [0.717, 1.165) is 0 Å². The fourth-order valence-electron chi connectivity index (χ4n) is 7.48. The fourth-order valence-corrected chi connectivity index (χ4v) is 7.48. The number of methoxy groups -OCH3 is 1. The standard InChI is InChI=1S/C33H63N3O10/c1-18-14-32(7,41)28(46-30-25(37)23(35(9)10)13-19(2)43-30)20(3)26(21(4)29(39)34-16-31(6,40)17-36(18)11)45-24-15-33(8,42-12)27(38)22(5)44-24/h18-28,30,37-38,40-41H,13-17H2,1-12H3,(H,34,39)/t18-,19-,20+,21-,22+,23+,24+,25-,26?,27+,28-,30+,31+,32-,33-/m1/s1. The smallest absolute Gasteiger partial charge is 0.225 e. The van der Waals surface area contributed by atoms with E-state index in [0.29, 0.717) is 6.42 Å². The first-order chi connectivity index (χ1) is 21.1. The minimum absolute atomic E-state index is 0.0154. The SMILES string of the molecule is CO[C@]1(C)C[C@H](OC2[C@@H](C)C(=O)NC[C@](C)(O)CN(C)[C@H](C)C[C@@](C)(O)[C@H](O[C@@H]3O[C@H](C)C[C@H](N(C)C)[C@H]3O)[C@H]2C)O[C@@H](C)[C@@H]1O. The van der Waals surface area contributed by atoms with Crippen LogP contribution in [0.3, 0.4) is 0 Å². The third kappa shape index (κ3) is 9.17. The van der Waals surface area contributed by atoms with Crippen LogP contribution in [0, 0.1) is 11.8 Å². The molecule has 0 radical (unpaired) electrons. The molecule has 0 bridgehead atoms. The number of nitrogens with one attached hydrogen (secondary N) is 1.